The SMILES string of the molecule is Cc1nc(NCc2cccc(C(F)(F)F)n2)c2cc(OCCOC3CC3)c(OC(F)(F)F)cc2n1. The first kappa shape index (κ1) is 24.8. The van der Waals surface area contributed by atoms with E-state index >= 15 is 0 Å². The number of ether oxygens (including phenoxy) is 3. The van der Waals surface area contributed by atoms with Crippen LogP contribution in [-0.4, -0.2) is 40.6 Å². The third-order valence-electron chi connectivity index (χ3n) is 4.85. The minimum Gasteiger partial charge on any atom is -0.487 e. The summed E-state index contributed by atoms with van der Waals surface area (Å²) < 4.78 is 92.8. The van der Waals surface area contributed by atoms with Gasteiger partial charge >= 0.3 is 12.5 Å². The van der Waals surface area contributed by atoms with Crippen LogP contribution in [0.5, 0.6) is 11.5 Å². The molecule has 4 rings (SSSR count). The molecule has 1 aliphatic rings. The van der Waals surface area contributed by atoms with Crippen LogP contribution in [0.3, 0.4) is 0 Å². The molecule has 0 spiro atoms. The topological polar surface area (TPSA) is 78.4 Å². The highest BCUT2D eigenvalue weighted by Crippen LogP contribution is 2.38. The number of alkyl halides is 6. The lowest BCUT2D eigenvalue weighted by atomic mass is 10.2. The van der Waals surface area contributed by atoms with Crippen LogP contribution in [0.1, 0.15) is 30.1 Å². The quantitative estimate of drug-likeness (QED) is 0.309. The fourth-order valence-corrected chi connectivity index (χ4v) is 3.22. The zero-order valence-electron chi connectivity index (χ0n) is 18.3. The Hall–Kier alpha value is -3.35. The first-order valence-corrected chi connectivity index (χ1v) is 10.6. The molecule has 1 saturated carbocycles. The summed E-state index contributed by atoms with van der Waals surface area (Å²) in [5.41, 5.74) is -0.827. The average Bonchev–Trinajstić information content (AvgIpc) is 3.58. The van der Waals surface area contributed by atoms with E-state index in [2.05, 4.69) is 25.0 Å². The van der Waals surface area contributed by atoms with E-state index in [0.29, 0.717) is 0 Å². The van der Waals surface area contributed by atoms with E-state index in [4.69, 9.17) is 9.47 Å². The molecule has 0 unspecified atom stereocenters. The van der Waals surface area contributed by atoms with Gasteiger partial charge in [0, 0.05) is 11.5 Å². The zero-order valence-corrected chi connectivity index (χ0v) is 18.3. The van der Waals surface area contributed by atoms with Crippen molar-refractivity contribution in [2.75, 3.05) is 18.5 Å². The summed E-state index contributed by atoms with van der Waals surface area (Å²) in [4.78, 5) is 12.0. The van der Waals surface area contributed by atoms with E-state index in [0.717, 1.165) is 25.0 Å². The number of aromatic nitrogens is 3. The molecule has 1 aromatic carbocycles. The Kier molecular flexibility index (Phi) is 6.88. The fourth-order valence-electron chi connectivity index (χ4n) is 3.22. The molecule has 0 aliphatic heterocycles. The molecule has 35 heavy (non-hydrogen) atoms. The van der Waals surface area contributed by atoms with E-state index in [-0.39, 0.29) is 59.9 Å². The summed E-state index contributed by atoms with van der Waals surface area (Å²) in [6.07, 6.45) is -7.54. The van der Waals surface area contributed by atoms with E-state index in [1.165, 1.54) is 25.1 Å². The van der Waals surface area contributed by atoms with Gasteiger partial charge in [-0.2, -0.15) is 13.2 Å². The highest BCUT2D eigenvalue weighted by Gasteiger charge is 2.34. The predicted molar refractivity (Wildman–Crippen MR) is 112 cm³/mol. The molecule has 0 saturated heterocycles. The smallest absolute Gasteiger partial charge is 0.487 e. The molecule has 0 atom stereocenters. The lowest BCUT2D eigenvalue weighted by Crippen LogP contribution is -2.18. The Morgan fingerprint density at radius 1 is 0.971 bits per heavy atom. The zero-order chi connectivity index (χ0) is 25.2. The number of halogens is 6. The van der Waals surface area contributed by atoms with E-state index in [1.54, 1.807) is 0 Å². The van der Waals surface area contributed by atoms with Crippen LogP contribution < -0.4 is 14.8 Å². The number of hydrogen-bond acceptors (Lipinski definition) is 7. The highest BCUT2D eigenvalue weighted by molar-refractivity contribution is 5.91. The van der Waals surface area contributed by atoms with Gasteiger partial charge in [0.15, 0.2) is 11.5 Å². The van der Waals surface area contributed by atoms with Crippen LogP contribution in [0, 0.1) is 6.92 Å². The number of hydrogen-bond donors (Lipinski definition) is 1. The molecule has 188 valence electrons. The Morgan fingerprint density at radius 3 is 2.43 bits per heavy atom. The van der Waals surface area contributed by atoms with Gasteiger partial charge in [-0.1, -0.05) is 6.07 Å². The van der Waals surface area contributed by atoms with Crippen molar-refractivity contribution in [2.45, 2.75) is 45.0 Å². The van der Waals surface area contributed by atoms with Crippen molar-refractivity contribution in [1.29, 1.82) is 0 Å². The second-order valence-electron chi connectivity index (χ2n) is 7.77. The van der Waals surface area contributed by atoms with Gasteiger partial charge in [-0.05, 0) is 38.0 Å². The van der Waals surface area contributed by atoms with Crippen molar-refractivity contribution >= 4 is 16.7 Å². The van der Waals surface area contributed by atoms with E-state index in [1.807, 2.05) is 0 Å². The molecule has 1 aliphatic carbocycles. The molecule has 0 radical (unpaired) electrons. The number of aryl methyl sites for hydroxylation is 1. The normalized spacial score (nSPS) is 14.3. The largest absolute Gasteiger partial charge is 0.573 e. The maximum absolute atomic E-state index is 13.0. The van der Waals surface area contributed by atoms with Gasteiger partial charge in [0.1, 0.15) is 23.9 Å². The number of nitrogens with zero attached hydrogens (tertiary/aromatic N) is 3. The van der Waals surface area contributed by atoms with Crippen molar-refractivity contribution in [2.24, 2.45) is 0 Å². The van der Waals surface area contributed by atoms with Crippen molar-refractivity contribution in [1.82, 2.24) is 15.0 Å². The Balaban J connectivity index is 1.61. The molecular weight excluding hydrogens is 482 g/mol. The lowest BCUT2D eigenvalue weighted by molar-refractivity contribution is -0.275. The van der Waals surface area contributed by atoms with Gasteiger partial charge in [0.2, 0.25) is 0 Å². The maximum atomic E-state index is 13.0. The van der Waals surface area contributed by atoms with Crippen LogP contribution in [0.4, 0.5) is 32.2 Å². The lowest BCUT2D eigenvalue weighted by Gasteiger charge is -2.17. The van der Waals surface area contributed by atoms with Gasteiger partial charge in [-0.25, -0.2) is 15.0 Å². The maximum Gasteiger partial charge on any atom is 0.573 e. The fraction of sp³-hybridized carbons (Fsp3) is 0.409. The average molecular weight is 502 g/mol. The number of benzene rings is 1. The van der Waals surface area contributed by atoms with Gasteiger partial charge in [0.25, 0.3) is 0 Å². The summed E-state index contributed by atoms with van der Waals surface area (Å²) in [6, 6.07) is 5.85. The third kappa shape index (κ3) is 6.84. The number of fused-ring (bicyclic) bond motifs is 1. The van der Waals surface area contributed by atoms with Crippen molar-refractivity contribution in [3.05, 3.63) is 47.5 Å². The van der Waals surface area contributed by atoms with Gasteiger partial charge in [0.05, 0.1) is 30.5 Å². The van der Waals surface area contributed by atoms with Crippen LogP contribution in [0.2, 0.25) is 0 Å². The predicted octanol–water partition coefficient (Wildman–Crippen LogP) is 5.42. The summed E-state index contributed by atoms with van der Waals surface area (Å²) in [5.74, 6) is -0.382. The van der Waals surface area contributed by atoms with Crippen LogP contribution >= 0.6 is 0 Å². The first-order chi connectivity index (χ1) is 16.5. The standard InChI is InChI=1S/C22H20F6N4O3/c1-12-30-16-10-18(35-22(26,27)28)17(34-8-7-33-14-5-6-14)9-15(16)20(31-12)29-11-13-3-2-4-19(32-13)21(23,24)25/h2-4,9-10,14H,5-8,11H2,1H3,(H,29,30,31). The summed E-state index contributed by atoms with van der Waals surface area (Å²) in [7, 11) is 0. The number of anilines is 1. The van der Waals surface area contributed by atoms with Gasteiger partial charge in [-0.15, -0.1) is 13.2 Å². The molecule has 2 heterocycles. The third-order valence-corrected chi connectivity index (χ3v) is 4.85. The van der Waals surface area contributed by atoms with Crippen LogP contribution in [0.25, 0.3) is 10.9 Å². The number of pyridine rings is 1. The highest BCUT2D eigenvalue weighted by atomic mass is 19.4. The second kappa shape index (κ2) is 9.72. The Bertz CT molecular complexity index is 1200. The molecule has 7 nitrogen and oxygen atoms in total. The molecular formula is C22H20F6N4O3. The van der Waals surface area contributed by atoms with E-state index < -0.39 is 24.0 Å². The van der Waals surface area contributed by atoms with Crippen molar-refractivity contribution in [3.8, 4) is 11.5 Å². The molecule has 2 aromatic heterocycles. The van der Waals surface area contributed by atoms with Gasteiger partial charge < -0.3 is 19.5 Å². The Morgan fingerprint density at radius 2 is 1.74 bits per heavy atom. The summed E-state index contributed by atoms with van der Waals surface area (Å²) in [5, 5.41) is 3.17. The van der Waals surface area contributed by atoms with Crippen LogP contribution in [-0.2, 0) is 17.5 Å². The van der Waals surface area contributed by atoms with Crippen LogP contribution in [0.15, 0.2) is 30.3 Å². The monoisotopic (exact) mass is 502 g/mol. The minimum absolute atomic E-state index is 0.0140. The molecule has 3 aromatic rings. The molecule has 1 fully saturated rings. The molecule has 0 amide bonds. The summed E-state index contributed by atoms with van der Waals surface area (Å²) in [6.45, 7) is 1.57. The van der Waals surface area contributed by atoms with Crippen molar-refractivity contribution < 1.29 is 40.6 Å². The minimum atomic E-state index is -4.96. The summed E-state index contributed by atoms with van der Waals surface area (Å²) >= 11 is 0. The second-order valence-corrected chi connectivity index (χ2v) is 7.77. The molecule has 1 N–H and O–H groups in total. The Labute approximate surface area is 195 Å². The van der Waals surface area contributed by atoms with Gasteiger partial charge in [-0.3, -0.25) is 0 Å². The van der Waals surface area contributed by atoms with E-state index in [9.17, 15) is 26.3 Å². The number of rotatable bonds is 9. The first-order valence-electron chi connectivity index (χ1n) is 10.6. The molecule has 0 bridgehead atoms. The molecule has 13 heteroatoms. The number of nitrogens with one attached hydrogen (secondary N) is 1. The van der Waals surface area contributed by atoms with Crippen molar-refractivity contribution in [3.63, 3.8) is 0 Å².